The zero-order valence-electron chi connectivity index (χ0n) is 10.7. The van der Waals surface area contributed by atoms with Crippen LogP contribution in [0.3, 0.4) is 0 Å². The van der Waals surface area contributed by atoms with Gasteiger partial charge in [-0.15, -0.1) is 11.8 Å². The molecule has 2 aromatic carbocycles. The molecule has 0 radical (unpaired) electrons. The van der Waals surface area contributed by atoms with E-state index in [-0.39, 0.29) is 11.1 Å². The van der Waals surface area contributed by atoms with Crippen LogP contribution in [0.5, 0.6) is 0 Å². The fourth-order valence-corrected chi connectivity index (χ4v) is 3.08. The van der Waals surface area contributed by atoms with E-state index in [1.165, 1.54) is 11.0 Å². The van der Waals surface area contributed by atoms with Crippen molar-refractivity contribution in [3.05, 3.63) is 63.3 Å². The first-order chi connectivity index (χ1) is 9.54. The van der Waals surface area contributed by atoms with Gasteiger partial charge in [0.25, 0.3) is 0 Å². The van der Waals surface area contributed by atoms with Gasteiger partial charge in [0.15, 0.2) is 0 Å². The molecule has 0 spiro atoms. The van der Waals surface area contributed by atoms with Gasteiger partial charge in [0.05, 0.1) is 5.02 Å². The second-order valence-electron chi connectivity index (χ2n) is 4.48. The van der Waals surface area contributed by atoms with Crippen LogP contribution in [0.1, 0.15) is 5.56 Å². The molecule has 2 N–H and O–H groups in total. The van der Waals surface area contributed by atoms with Crippen molar-refractivity contribution in [3.8, 4) is 0 Å². The van der Waals surface area contributed by atoms with Gasteiger partial charge in [-0.25, -0.2) is 4.39 Å². The zero-order valence-corrected chi connectivity index (χ0v) is 13.8. The summed E-state index contributed by atoms with van der Waals surface area (Å²) in [5.74, 6) is 0.407. The summed E-state index contributed by atoms with van der Waals surface area (Å²) in [5.41, 5.74) is 7.06. The predicted molar refractivity (Wildman–Crippen MR) is 88.0 cm³/mol. The Morgan fingerprint density at radius 2 is 1.90 bits per heavy atom. The Hall–Kier alpha value is -0.550. The van der Waals surface area contributed by atoms with Crippen LogP contribution in [0.2, 0.25) is 5.02 Å². The lowest BCUT2D eigenvalue weighted by atomic mass is 10.1. The van der Waals surface area contributed by atoms with Gasteiger partial charge in [-0.3, -0.25) is 0 Å². The van der Waals surface area contributed by atoms with Gasteiger partial charge in [0.1, 0.15) is 5.82 Å². The highest BCUT2D eigenvalue weighted by molar-refractivity contribution is 9.10. The summed E-state index contributed by atoms with van der Waals surface area (Å²) in [6.45, 7) is 0. The highest BCUT2D eigenvalue weighted by Crippen LogP contribution is 2.22. The third kappa shape index (κ3) is 4.77. The van der Waals surface area contributed by atoms with Crippen LogP contribution in [-0.4, -0.2) is 11.8 Å². The van der Waals surface area contributed by atoms with Crippen molar-refractivity contribution in [2.75, 3.05) is 5.75 Å². The van der Waals surface area contributed by atoms with E-state index >= 15 is 0 Å². The molecule has 0 saturated carbocycles. The van der Waals surface area contributed by atoms with E-state index in [0.717, 1.165) is 15.8 Å². The van der Waals surface area contributed by atoms with Crippen LogP contribution in [0.15, 0.2) is 51.8 Å². The van der Waals surface area contributed by atoms with E-state index < -0.39 is 5.82 Å². The number of hydrogen-bond donors (Lipinski definition) is 1. The SMILES string of the molecule is NC(CSc1ccc(Br)cc1)Cc1ccc(F)c(Cl)c1. The van der Waals surface area contributed by atoms with E-state index in [9.17, 15) is 4.39 Å². The molecule has 2 aromatic rings. The van der Waals surface area contributed by atoms with Gasteiger partial charge in [-0.2, -0.15) is 0 Å². The second kappa shape index (κ2) is 7.46. The van der Waals surface area contributed by atoms with Crippen LogP contribution in [0.4, 0.5) is 4.39 Å². The van der Waals surface area contributed by atoms with Gasteiger partial charge in [0.2, 0.25) is 0 Å². The molecule has 5 heteroatoms. The predicted octanol–water partition coefficient (Wildman–Crippen LogP) is 4.90. The Kier molecular flexibility index (Phi) is 5.90. The van der Waals surface area contributed by atoms with Crippen molar-refractivity contribution >= 4 is 39.3 Å². The summed E-state index contributed by atoms with van der Waals surface area (Å²) in [6, 6.07) is 12.9. The molecule has 0 amide bonds. The van der Waals surface area contributed by atoms with E-state index in [1.54, 1.807) is 23.9 Å². The molecule has 0 aliphatic rings. The normalized spacial score (nSPS) is 12.4. The number of rotatable bonds is 5. The summed E-state index contributed by atoms with van der Waals surface area (Å²) in [4.78, 5) is 1.18. The lowest BCUT2D eigenvalue weighted by Crippen LogP contribution is -2.25. The number of nitrogens with two attached hydrogens (primary N) is 1. The highest BCUT2D eigenvalue weighted by atomic mass is 79.9. The zero-order chi connectivity index (χ0) is 14.5. The average molecular weight is 375 g/mol. The molecule has 1 atom stereocenters. The lowest BCUT2D eigenvalue weighted by molar-refractivity contribution is 0.626. The second-order valence-corrected chi connectivity index (χ2v) is 6.89. The van der Waals surface area contributed by atoms with Crippen molar-refractivity contribution in [3.63, 3.8) is 0 Å². The molecule has 1 nitrogen and oxygen atoms in total. The lowest BCUT2D eigenvalue weighted by Gasteiger charge is -2.12. The van der Waals surface area contributed by atoms with Gasteiger partial charge in [-0.05, 0) is 48.4 Å². The molecule has 2 rings (SSSR count). The van der Waals surface area contributed by atoms with E-state index in [0.29, 0.717) is 6.42 Å². The molecule has 0 fully saturated rings. The maximum Gasteiger partial charge on any atom is 0.141 e. The molecular weight excluding hydrogens is 361 g/mol. The minimum absolute atomic E-state index is 0.00479. The van der Waals surface area contributed by atoms with Crippen LogP contribution < -0.4 is 5.73 Å². The topological polar surface area (TPSA) is 26.0 Å². The molecular formula is C15H14BrClFNS. The van der Waals surface area contributed by atoms with Crippen molar-refractivity contribution in [2.24, 2.45) is 5.73 Å². The van der Waals surface area contributed by atoms with Gasteiger partial charge in [-0.1, -0.05) is 33.6 Å². The molecule has 0 bridgehead atoms. The fraction of sp³-hybridized carbons (Fsp3) is 0.200. The molecule has 0 aromatic heterocycles. The maximum atomic E-state index is 13.1. The molecule has 0 saturated heterocycles. The first kappa shape index (κ1) is 15.8. The molecule has 0 aliphatic heterocycles. The molecule has 1 unspecified atom stereocenters. The minimum atomic E-state index is -0.395. The van der Waals surface area contributed by atoms with Crippen LogP contribution >= 0.6 is 39.3 Å². The van der Waals surface area contributed by atoms with E-state index in [4.69, 9.17) is 17.3 Å². The third-order valence-electron chi connectivity index (χ3n) is 2.76. The third-order valence-corrected chi connectivity index (χ3v) is 4.78. The first-order valence-corrected chi connectivity index (χ1v) is 8.28. The first-order valence-electron chi connectivity index (χ1n) is 6.12. The van der Waals surface area contributed by atoms with Gasteiger partial charge >= 0.3 is 0 Å². The Balaban J connectivity index is 1.87. The molecule has 20 heavy (non-hydrogen) atoms. The largest absolute Gasteiger partial charge is 0.327 e. The summed E-state index contributed by atoms with van der Waals surface area (Å²) in [6.07, 6.45) is 0.684. The molecule has 0 heterocycles. The monoisotopic (exact) mass is 373 g/mol. The standard InChI is InChI=1S/C15H14BrClFNS/c16-11-2-4-13(5-3-11)20-9-12(19)7-10-1-6-15(18)14(17)8-10/h1-6,8,12H,7,9,19H2. The summed E-state index contributed by atoms with van der Waals surface area (Å²) >= 11 is 10.9. The van der Waals surface area contributed by atoms with Gasteiger partial charge < -0.3 is 5.73 Å². The summed E-state index contributed by atoms with van der Waals surface area (Å²) in [5, 5.41) is 0.148. The van der Waals surface area contributed by atoms with Crippen molar-refractivity contribution < 1.29 is 4.39 Å². The Morgan fingerprint density at radius 1 is 1.20 bits per heavy atom. The smallest absolute Gasteiger partial charge is 0.141 e. The highest BCUT2D eigenvalue weighted by Gasteiger charge is 2.07. The van der Waals surface area contributed by atoms with Crippen LogP contribution in [0, 0.1) is 5.82 Å². The minimum Gasteiger partial charge on any atom is -0.327 e. The Morgan fingerprint density at radius 3 is 2.55 bits per heavy atom. The summed E-state index contributed by atoms with van der Waals surface area (Å²) < 4.78 is 14.1. The molecule has 0 aliphatic carbocycles. The van der Waals surface area contributed by atoms with E-state index in [1.807, 2.05) is 12.1 Å². The van der Waals surface area contributed by atoms with Gasteiger partial charge in [0, 0.05) is 21.2 Å². The quantitative estimate of drug-likeness (QED) is 0.753. The summed E-state index contributed by atoms with van der Waals surface area (Å²) in [7, 11) is 0. The van der Waals surface area contributed by atoms with Crippen molar-refractivity contribution in [2.45, 2.75) is 17.4 Å². The average Bonchev–Trinajstić information content (AvgIpc) is 2.42. The number of benzene rings is 2. The number of halogens is 3. The Bertz CT molecular complexity index is 577. The van der Waals surface area contributed by atoms with Crippen molar-refractivity contribution in [1.82, 2.24) is 0 Å². The number of hydrogen-bond acceptors (Lipinski definition) is 2. The maximum absolute atomic E-state index is 13.1. The van der Waals surface area contributed by atoms with Crippen LogP contribution in [0.25, 0.3) is 0 Å². The van der Waals surface area contributed by atoms with Crippen LogP contribution in [-0.2, 0) is 6.42 Å². The van der Waals surface area contributed by atoms with Crippen molar-refractivity contribution in [1.29, 1.82) is 0 Å². The number of thioether (sulfide) groups is 1. The fourth-order valence-electron chi connectivity index (χ4n) is 1.76. The Labute approximate surface area is 135 Å². The van der Waals surface area contributed by atoms with E-state index in [2.05, 4.69) is 28.1 Å². The molecule has 106 valence electrons.